The summed E-state index contributed by atoms with van der Waals surface area (Å²) >= 11 is 0. The quantitative estimate of drug-likeness (QED) is 0.792. The molecular formula is C15H17N5. The molecule has 0 amide bonds. The fourth-order valence-electron chi connectivity index (χ4n) is 2.27. The zero-order valence-electron chi connectivity index (χ0n) is 11.9. The van der Waals surface area contributed by atoms with E-state index in [0.29, 0.717) is 6.54 Å². The molecule has 0 spiro atoms. The number of hydrogen-bond acceptors (Lipinski definition) is 4. The van der Waals surface area contributed by atoms with Crippen LogP contribution in [0.1, 0.15) is 17.0 Å². The van der Waals surface area contributed by atoms with Gasteiger partial charge in [0.05, 0.1) is 11.9 Å². The van der Waals surface area contributed by atoms with Gasteiger partial charge in [-0.2, -0.15) is 10.2 Å². The summed E-state index contributed by atoms with van der Waals surface area (Å²) in [6, 6.07) is 8.17. The summed E-state index contributed by atoms with van der Waals surface area (Å²) in [6.45, 7) is 4.73. The number of aromatic nitrogens is 4. The molecule has 1 aromatic carbocycles. The Morgan fingerprint density at radius 1 is 1.10 bits per heavy atom. The van der Waals surface area contributed by atoms with Crippen LogP contribution in [0.4, 0.5) is 5.82 Å². The molecule has 0 fully saturated rings. The van der Waals surface area contributed by atoms with E-state index >= 15 is 0 Å². The smallest absolute Gasteiger partial charge is 0.156 e. The molecule has 0 atom stereocenters. The van der Waals surface area contributed by atoms with E-state index < -0.39 is 0 Å². The largest absolute Gasteiger partial charge is 0.364 e. The van der Waals surface area contributed by atoms with Crippen LogP contribution in [-0.2, 0) is 13.6 Å². The van der Waals surface area contributed by atoms with E-state index in [1.165, 1.54) is 5.56 Å². The van der Waals surface area contributed by atoms with Crippen LogP contribution in [-0.4, -0.2) is 20.0 Å². The summed E-state index contributed by atoms with van der Waals surface area (Å²) in [4.78, 5) is 0. The van der Waals surface area contributed by atoms with Crippen LogP contribution in [0.5, 0.6) is 0 Å². The predicted octanol–water partition coefficient (Wildman–Crippen LogP) is 2.59. The van der Waals surface area contributed by atoms with Gasteiger partial charge in [0.15, 0.2) is 5.82 Å². The van der Waals surface area contributed by atoms with Gasteiger partial charge in [0.2, 0.25) is 0 Å². The van der Waals surface area contributed by atoms with Crippen LogP contribution in [0.25, 0.3) is 10.8 Å². The van der Waals surface area contributed by atoms with Crippen molar-refractivity contribution in [3.8, 4) is 0 Å². The maximum absolute atomic E-state index is 4.27. The molecule has 5 nitrogen and oxygen atoms in total. The maximum atomic E-state index is 4.27. The molecule has 0 saturated carbocycles. The molecule has 5 heteroatoms. The highest BCUT2D eigenvalue weighted by Crippen LogP contribution is 2.22. The first-order chi connectivity index (χ1) is 9.66. The van der Waals surface area contributed by atoms with Crippen LogP contribution in [0.3, 0.4) is 0 Å². The van der Waals surface area contributed by atoms with Gasteiger partial charge in [0, 0.05) is 35.6 Å². The van der Waals surface area contributed by atoms with Crippen molar-refractivity contribution in [2.45, 2.75) is 20.4 Å². The van der Waals surface area contributed by atoms with Gasteiger partial charge in [0.25, 0.3) is 0 Å². The van der Waals surface area contributed by atoms with Gasteiger partial charge < -0.3 is 5.32 Å². The first kappa shape index (κ1) is 12.6. The second-order valence-corrected chi connectivity index (χ2v) is 4.91. The first-order valence-electron chi connectivity index (χ1n) is 6.60. The van der Waals surface area contributed by atoms with Crippen LogP contribution in [0, 0.1) is 13.8 Å². The van der Waals surface area contributed by atoms with E-state index in [1.807, 2.05) is 37.0 Å². The number of nitrogens with zero attached hydrogens (tertiary/aromatic N) is 4. The summed E-state index contributed by atoms with van der Waals surface area (Å²) in [5.74, 6) is 0.814. The van der Waals surface area contributed by atoms with E-state index in [-0.39, 0.29) is 0 Å². The molecule has 1 N–H and O–H groups in total. The molecule has 3 aromatic rings. The Bertz CT molecular complexity index is 760. The van der Waals surface area contributed by atoms with E-state index in [2.05, 4.69) is 39.7 Å². The Labute approximate surface area is 117 Å². The van der Waals surface area contributed by atoms with E-state index in [9.17, 15) is 0 Å². The molecule has 2 aromatic heterocycles. The molecule has 102 valence electrons. The predicted molar refractivity (Wildman–Crippen MR) is 79.5 cm³/mol. The van der Waals surface area contributed by atoms with Gasteiger partial charge >= 0.3 is 0 Å². The highest BCUT2D eigenvalue weighted by Gasteiger charge is 2.08. The molecule has 3 rings (SSSR count). The number of rotatable bonds is 3. The lowest BCUT2D eigenvalue weighted by atomic mass is 10.1. The molecular weight excluding hydrogens is 250 g/mol. The normalized spacial score (nSPS) is 10.9. The van der Waals surface area contributed by atoms with Gasteiger partial charge in [-0.3, -0.25) is 4.68 Å². The number of fused-ring (bicyclic) bond motifs is 1. The Hall–Kier alpha value is -2.43. The molecule has 0 radical (unpaired) electrons. The van der Waals surface area contributed by atoms with E-state index in [4.69, 9.17) is 0 Å². The molecule has 0 bridgehead atoms. The molecule has 0 aliphatic rings. The van der Waals surface area contributed by atoms with Crippen molar-refractivity contribution in [2.75, 3.05) is 5.32 Å². The van der Waals surface area contributed by atoms with Gasteiger partial charge in [0.1, 0.15) is 0 Å². The number of benzene rings is 1. The Morgan fingerprint density at radius 3 is 2.55 bits per heavy atom. The fraction of sp³-hybridized carbons (Fsp3) is 0.267. The van der Waals surface area contributed by atoms with Crippen molar-refractivity contribution in [3.05, 3.63) is 47.4 Å². The maximum Gasteiger partial charge on any atom is 0.156 e. The molecule has 0 aliphatic heterocycles. The first-order valence-corrected chi connectivity index (χ1v) is 6.60. The van der Waals surface area contributed by atoms with Crippen LogP contribution >= 0.6 is 0 Å². The highest BCUT2D eigenvalue weighted by molar-refractivity contribution is 5.92. The minimum Gasteiger partial charge on any atom is -0.364 e. The number of nitrogens with one attached hydrogen (secondary N) is 1. The Morgan fingerprint density at radius 2 is 1.85 bits per heavy atom. The second kappa shape index (κ2) is 4.92. The van der Waals surface area contributed by atoms with Crippen LogP contribution < -0.4 is 5.32 Å². The topological polar surface area (TPSA) is 55.6 Å². The number of anilines is 1. The zero-order chi connectivity index (χ0) is 14.1. The monoisotopic (exact) mass is 267 g/mol. The van der Waals surface area contributed by atoms with Gasteiger partial charge in [-0.15, -0.1) is 5.10 Å². The van der Waals surface area contributed by atoms with Gasteiger partial charge in [-0.25, -0.2) is 0 Å². The van der Waals surface area contributed by atoms with E-state index in [0.717, 1.165) is 28.0 Å². The third kappa shape index (κ3) is 2.11. The number of aryl methyl sites for hydroxylation is 2. The summed E-state index contributed by atoms with van der Waals surface area (Å²) < 4.78 is 1.87. The summed E-state index contributed by atoms with van der Waals surface area (Å²) in [5, 5.41) is 18.3. The van der Waals surface area contributed by atoms with Gasteiger partial charge in [-0.05, 0) is 13.8 Å². The van der Waals surface area contributed by atoms with Crippen molar-refractivity contribution in [2.24, 2.45) is 7.05 Å². The summed E-state index contributed by atoms with van der Waals surface area (Å²) in [7, 11) is 1.94. The van der Waals surface area contributed by atoms with Gasteiger partial charge in [-0.1, -0.05) is 24.3 Å². The zero-order valence-corrected chi connectivity index (χ0v) is 11.9. The lowest BCUT2D eigenvalue weighted by Gasteiger charge is -2.09. The average molecular weight is 267 g/mol. The van der Waals surface area contributed by atoms with Crippen molar-refractivity contribution in [1.29, 1.82) is 0 Å². The molecule has 0 unspecified atom stereocenters. The molecule has 0 aliphatic carbocycles. The third-order valence-electron chi connectivity index (χ3n) is 3.66. The minimum absolute atomic E-state index is 0.696. The SMILES string of the molecule is Cc1nnc(NCc2cnn(C)c2C)c2ccccc12. The van der Waals surface area contributed by atoms with Crippen LogP contribution in [0.15, 0.2) is 30.5 Å². The summed E-state index contributed by atoms with van der Waals surface area (Å²) in [5.41, 5.74) is 3.27. The van der Waals surface area contributed by atoms with Crippen molar-refractivity contribution in [3.63, 3.8) is 0 Å². The lowest BCUT2D eigenvalue weighted by Crippen LogP contribution is -2.05. The lowest BCUT2D eigenvalue weighted by molar-refractivity contribution is 0.738. The Kier molecular flexibility index (Phi) is 3.10. The van der Waals surface area contributed by atoms with Crippen molar-refractivity contribution >= 4 is 16.6 Å². The molecule has 0 saturated heterocycles. The standard InChI is InChI=1S/C15H17N5/c1-10-13-6-4-5-7-14(13)15(19-18-10)16-8-12-9-17-20(3)11(12)2/h4-7,9H,8H2,1-3H3,(H,16,19). The minimum atomic E-state index is 0.696. The fourth-order valence-corrected chi connectivity index (χ4v) is 2.27. The second-order valence-electron chi connectivity index (χ2n) is 4.91. The Balaban J connectivity index is 1.92. The van der Waals surface area contributed by atoms with Crippen LogP contribution in [0.2, 0.25) is 0 Å². The highest BCUT2D eigenvalue weighted by atomic mass is 15.3. The summed E-state index contributed by atoms with van der Waals surface area (Å²) in [6.07, 6.45) is 1.88. The average Bonchev–Trinajstić information content (AvgIpc) is 2.79. The van der Waals surface area contributed by atoms with Crippen molar-refractivity contribution < 1.29 is 0 Å². The molecule has 2 heterocycles. The van der Waals surface area contributed by atoms with E-state index in [1.54, 1.807) is 0 Å². The third-order valence-corrected chi connectivity index (χ3v) is 3.66. The van der Waals surface area contributed by atoms with Crippen molar-refractivity contribution in [1.82, 2.24) is 20.0 Å². The number of hydrogen-bond donors (Lipinski definition) is 1. The molecule has 20 heavy (non-hydrogen) atoms.